The van der Waals surface area contributed by atoms with Gasteiger partial charge in [-0.05, 0) is 25.0 Å². The Morgan fingerprint density at radius 1 is 1.30 bits per heavy atom. The second kappa shape index (κ2) is 4.90. The molecule has 3 amide bonds. The van der Waals surface area contributed by atoms with Gasteiger partial charge >= 0.3 is 0 Å². The summed E-state index contributed by atoms with van der Waals surface area (Å²) in [7, 11) is 0. The van der Waals surface area contributed by atoms with E-state index in [-0.39, 0.29) is 41.4 Å². The zero-order valence-electron chi connectivity index (χ0n) is 10.7. The highest BCUT2D eigenvalue weighted by Gasteiger charge is 2.37. The van der Waals surface area contributed by atoms with Gasteiger partial charge in [0.15, 0.2) is 0 Å². The molecule has 0 aromatic heterocycles. The molecule has 0 saturated heterocycles. The number of hydrogen-bond acceptors (Lipinski definition) is 3. The topological polar surface area (TPSA) is 66.5 Å². The molecule has 0 spiro atoms. The van der Waals surface area contributed by atoms with E-state index in [0.29, 0.717) is 5.56 Å². The predicted molar refractivity (Wildman–Crippen MR) is 72.6 cm³/mol. The molecule has 1 fully saturated rings. The molecule has 0 bridgehead atoms. The van der Waals surface area contributed by atoms with Gasteiger partial charge in [0, 0.05) is 19.0 Å². The molecule has 0 atom stereocenters. The highest BCUT2D eigenvalue weighted by atomic mass is 35.5. The van der Waals surface area contributed by atoms with E-state index in [2.05, 4.69) is 5.32 Å². The van der Waals surface area contributed by atoms with E-state index in [0.717, 1.165) is 17.7 Å². The number of amides is 3. The van der Waals surface area contributed by atoms with Gasteiger partial charge in [0.1, 0.15) is 0 Å². The summed E-state index contributed by atoms with van der Waals surface area (Å²) in [4.78, 5) is 36.9. The Kier molecular flexibility index (Phi) is 3.22. The van der Waals surface area contributed by atoms with Crippen molar-refractivity contribution in [2.24, 2.45) is 5.92 Å². The van der Waals surface area contributed by atoms with Gasteiger partial charge < -0.3 is 5.32 Å². The molecule has 5 nitrogen and oxygen atoms in total. The molecule has 0 radical (unpaired) electrons. The third-order valence-electron chi connectivity index (χ3n) is 3.53. The number of carbonyl (C=O) groups is 3. The van der Waals surface area contributed by atoms with Crippen LogP contribution in [0.5, 0.6) is 0 Å². The Morgan fingerprint density at radius 3 is 2.70 bits per heavy atom. The first-order valence-corrected chi connectivity index (χ1v) is 6.90. The van der Waals surface area contributed by atoms with Gasteiger partial charge in [0.05, 0.1) is 16.1 Å². The second-order valence-corrected chi connectivity index (χ2v) is 5.40. The minimum Gasteiger partial charge on any atom is -0.354 e. The highest BCUT2D eigenvalue weighted by molar-refractivity contribution is 6.37. The molecular formula is C14H13ClN2O3. The molecule has 1 N–H and O–H groups in total. The van der Waals surface area contributed by atoms with E-state index >= 15 is 0 Å². The van der Waals surface area contributed by atoms with Crippen LogP contribution >= 0.6 is 11.6 Å². The smallest absolute Gasteiger partial charge is 0.263 e. The summed E-state index contributed by atoms with van der Waals surface area (Å²) < 4.78 is 0. The molecule has 104 valence electrons. The van der Waals surface area contributed by atoms with Crippen LogP contribution in [0.4, 0.5) is 0 Å². The second-order valence-electron chi connectivity index (χ2n) is 4.99. The van der Waals surface area contributed by atoms with Crippen LogP contribution in [0.15, 0.2) is 18.2 Å². The first-order chi connectivity index (χ1) is 9.59. The predicted octanol–water partition coefficient (Wildman–Crippen LogP) is 1.46. The van der Waals surface area contributed by atoms with E-state index in [9.17, 15) is 14.4 Å². The van der Waals surface area contributed by atoms with Gasteiger partial charge in [-0.3, -0.25) is 19.3 Å². The number of imide groups is 1. The van der Waals surface area contributed by atoms with Crippen molar-refractivity contribution in [3.05, 3.63) is 34.3 Å². The normalized spacial score (nSPS) is 17.4. The summed E-state index contributed by atoms with van der Waals surface area (Å²) >= 11 is 5.96. The van der Waals surface area contributed by atoms with Gasteiger partial charge in [0.25, 0.3) is 11.8 Å². The van der Waals surface area contributed by atoms with E-state index in [1.165, 1.54) is 0 Å². The molecule has 20 heavy (non-hydrogen) atoms. The fourth-order valence-electron chi connectivity index (χ4n) is 2.28. The molecule has 6 heteroatoms. The lowest BCUT2D eigenvalue weighted by molar-refractivity contribution is -0.122. The molecule has 1 aromatic carbocycles. The molecule has 3 rings (SSSR count). The van der Waals surface area contributed by atoms with Crippen LogP contribution in [-0.4, -0.2) is 35.7 Å². The zero-order chi connectivity index (χ0) is 14.3. The van der Waals surface area contributed by atoms with Crippen molar-refractivity contribution in [1.29, 1.82) is 0 Å². The average Bonchev–Trinajstić information content (AvgIpc) is 3.23. The first kappa shape index (κ1) is 13.1. The van der Waals surface area contributed by atoms with Crippen molar-refractivity contribution in [2.75, 3.05) is 13.1 Å². The lowest BCUT2D eigenvalue weighted by Gasteiger charge is -2.14. The van der Waals surface area contributed by atoms with Crippen LogP contribution in [0, 0.1) is 5.92 Å². The maximum atomic E-state index is 12.2. The van der Waals surface area contributed by atoms with Crippen LogP contribution in [0.25, 0.3) is 0 Å². The maximum Gasteiger partial charge on any atom is 0.263 e. The number of fused-ring (bicyclic) bond motifs is 1. The molecule has 1 saturated carbocycles. The van der Waals surface area contributed by atoms with Gasteiger partial charge in [-0.25, -0.2) is 0 Å². The molecule has 1 aromatic rings. The molecular weight excluding hydrogens is 280 g/mol. The SMILES string of the molecule is O=C(NCCN1C(=O)c2cccc(Cl)c2C1=O)C1CC1. The van der Waals surface area contributed by atoms with Gasteiger partial charge in [-0.15, -0.1) is 0 Å². The summed E-state index contributed by atoms with van der Waals surface area (Å²) in [5.41, 5.74) is 0.587. The third kappa shape index (κ3) is 2.18. The molecule has 2 aliphatic rings. The first-order valence-electron chi connectivity index (χ1n) is 6.52. The number of carbonyl (C=O) groups excluding carboxylic acids is 3. The van der Waals surface area contributed by atoms with Crippen LogP contribution in [0.3, 0.4) is 0 Å². The van der Waals surface area contributed by atoms with Crippen LogP contribution < -0.4 is 5.32 Å². The maximum absolute atomic E-state index is 12.2. The number of halogens is 1. The van der Waals surface area contributed by atoms with Crippen LogP contribution in [0.1, 0.15) is 33.6 Å². The Balaban J connectivity index is 1.67. The van der Waals surface area contributed by atoms with Crippen molar-refractivity contribution >= 4 is 29.3 Å². The summed E-state index contributed by atoms with van der Waals surface area (Å²) in [5.74, 6) is -0.629. The quantitative estimate of drug-likeness (QED) is 0.855. The van der Waals surface area contributed by atoms with E-state index in [4.69, 9.17) is 11.6 Å². The minimum atomic E-state index is -0.392. The minimum absolute atomic E-state index is 0.000332. The van der Waals surface area contributed by atoms with Crippen molar-refractivity contribution in [3.63, 3.8) is 0 Å². The fourth-order valence-corrected chi connectivity index (χ4v) is 2.53. The van der Waals surface area contributed by atoms with Crippen molar-refractivity contribution in [3.8, 4) is 0 Å². The van der Waals surface area contributed by atoms with Crippen LogP contribution in [0.2, 0.25) is 5.02 Å². The standard InChI is InChI=1S/C14H13ClN2O3/c15-10-3-1-2-9-11(10)14(20)17(13(9)19)7-6-16-12(18)8-4-5-8/h1-3,8H,4-7H2,(H,16,18). The Hall–Kier alpha value is -1.88. The number of nitrogens with zero attached hydrogens (tertiary/aromatic N) is 1. The van der Waals surface area contributed by atoms with E-state index in [1.54, 1.807) is 18.2 Å². The number of nitrogens with one attached hydrogen (secondary N) is 1. The Morgan fingerprint density at radius 2 is 2.05 bits per heavy atom. The molecule has 1 aliphatic heterocycles. The lowest BCUT2D eigenvalue weighted by Crippen LogP contribution is -2.38. The number of rotatable bonds is 4. The summed E-state index contributed by atoms with van der Waals surface area (Å²) in [6, 6.07) is 4.82. The highest BCUT2D eigenvalue weighted by Crippen LogP contribution is 2.29. The molecule has 0 unspecified atom stereocenters. The summed E-state index contributed by atoms with van der Waals surface area (Å²) in [6.45, 7) is 0.444. The van der Waals surface area contributed by atoms with Gasteiger partial charge in [-0.1, -0.05) is 17.7 Å². The monoisotopic (exact) mass is 292 g/mol. The number of hydrogen-bond donors (Lipinski definition) is 1. The summed E-state index contributed by atoms with van der Waals surface area (Å²) in [5, 5.41) is 3.02. The largest absolute Gasteiger partial charge is 0.354 e. The average molecular weight is 293 g/mol. The molecule has 1 heterocycles. The zero-order valence-corrected chi connectivity index (χ0v) is 11.4. The lowest BCUT2D eigenvalue weighted by atomic mass is 10.1. The van der Waals surface area contributed by atoms with Crippen molar-refractivity contribution < 1.29 is 14.4 Å². The van der Waals surface area contributed by atoms with Gasteiger partial charge in [-0.2, -0.15) is 0 Å². The van der Waals surface area contributed by atoms with Gasteiger partial charge in [0.2, 0.25) is 5.91 Å². The Labute approximate surface area is 120 Å². The van der Waals surface area contributed by atoms with Crippen LogP contribution in [-0.2, 0) is 4.79 Å². The van der Waals surface area contributed by atoms with E-state index < -0.39 is 5.91 Å². The molecule has 1 aliphatic carbocycles. The fraction of sp³-hybridized carbons (Fsp3) is 0.357. The summed E-state index contributed by atoms with van der Waals surface area (Å²) in [6.07, 6.45) is 1.85. The van der Waals surface area contributed by atoms with Crippen molar-refractivity contribution in [2.45, 2.75) is 12.8 Å². The third-order valence-corrected chi connectivity index (χ3v) is 3.85. The van der Waals surface area contributed by atoms with E-state index in [1.807, 2.05) is 0 Å². The number of benzene rings is 1. The van der Waals surface area contributed by atoms with Crippen molar-refractivity contribution in [1.82, 2.24) is 10.2 Å². The Bertz CT molecular complexity index is 610.